The number of carboxylic acid groups (broad SMARTS) is 1. The van der Waals surface area contributed by atoms with Gasteiger partial charge in [0.05, 0.1) is 6.61 Å². The normalized spacial score (nSPS) is 15.2. The van der Waals surface area contributed by atoms with Crippen LogP contribution >= 0.6 is 0 Å². The third kappa shape index (κ3) is 2.81. The van der Waals surface area contributed by atoms with Crippen molar-refractivity contribution in [3.63, 3.8) is 0 Å². The van der Waals surface area contributed by atoms with Gasteiger partial charge < -0.3 is 9.84 Å². The molecule has 1 heterocycles. The van der Waals surface area contributed by atoms with Crippen LogP contribution in [-0.4, -0.2) is 22.7 Å². The summed E-state index contributed by atoms with van der Waals surface area (Å²) in [6.45, 7) is 4.18. The Labute approximate surface area is 107 Å². The predicted octanol–water partition coefficient (Wildman–Crippen LogP) is 2.97. The first-order chi connectivity index (χ1) is 8.58. The molecule has 0 unspecified atom stereocenters. The monoisotopic (exact) mass is 249 g/mol. The molecule has 2 rings (SSSR count). The number of hydrogen-bond donors (Lipinski definition) is 1. The van der Waals surface area contributed by atoms with Crippen molar-refractivity contribution in [2.45, 2.75) is 39.5 Å². The Balaban J connectivity index is 2.07. The topological polar surface area (TPSA) is 59.4 Å². The molecule has 1 aromatic heterocycles. The molecule has 1 aliphatic carbocycles. The van der Waals surface area contributed by atoms with Crippen molar-refractivity contribution in [1.29, 1.82) is 0 Å². The number of ether oxygens (including phenoxy) is 1. The van der Waals surface area contributed by atoms with E-state index in [1.54, 1.807) is 13.0 Å². The summed E-state index contributed by atoms with van der Waals surface area (Å²) in [6, 6.07) is 1.77. The van der Waals surface area contributed by atoms with Gasteiger partial charge in [0, 0.05) is 5.69 Å². The SMILES string of the molecule is Cc1cc(C)c(C(=O)O)c(OCCC2CCC2)n1. The van der Waals surface area contributed by atoms with Crippen LogP contribution in [0.25, 0.3) is 0 Å². The maximum atomic E-state index is 11.2. The molecule has 0 aliphatic heterocycles. The van der Waals surface area contributed by atoms with Gasteiger partial charge in [-0.1, -0.05) is 19.3 Å². The Hall–Kier alpha value is -1.58. The van der Waals surface area contributed by atoms with E-state index in [4.69, 9.17) is 4.74 Å². The summed E-state index contributed by atoms with van der Waals surface area (Å²) in [7, 11) is 0. The van der Waals surface area contributed by atoms with Crippen LogP contribution in [0.15, 0.2) is 6.07 Å². The fraction of sp³-hybridized carbons (Fsp3) is 0.571. The van der Waals surface area contributed by atoms with E-state index in [0.29, 0.717) is 12.2 Å². The number of aromatic nitrogens is 1. The second-order valence-corrected chi connectivity index (χ2v) is 5.00. The predicted molar refractivity (Wildman–Crippen MR) is 68.1 cm³/mol. The summed E-state index contributed by atoms with van der Waals surface area (Å²) in [5.41, 5.74) is 1.68. The van der Waals surface area contributed by atoms with Crippen LogP contribution in [0, 0.1) is 19.8 Å². The summed E-state index contributed by atoms with van der Waals surface area (Å²) < 4.78 is 5.57. The number of rotatable bonds is 5. The van der Waals surface area contributed by atoms with E-state index in [-0.39, 0.29) is 11.4 Å². The second-order valence-electron chi connectivity index (χ2n) is 5.00. The first kappa shape index (κ1) is 12.9. The lowest BCUT2D eigenvalue weighted by atomic mass is 9.83. The van der Waals surface area contributed by atoms with Gasteiger partial charge in [0.15, 0.2) is 0 Å². The van der Waals surface area contributed by atoms with E-state index in [1.165, 1.54) is 19.3 Å². The number of hydrogen-bond acceptors (Lipinski definition) is 3. The number of aromatic carboxylic acids is 1. The first-order valence-corrected chi connectivity index (χ1v) is 6.42. The number of aryl methyl sites for hydroxylation is 2. The largest absolute Gasteiger partial charge is 0.477 e. The average molecular weight is 249 g/mol. The maximum absolute atomic E-state index is 11.2. The Kier molecular flexibility index (Phi) is 3.84. The van der Waals surface area contributed by atoms with Crippen molar-refractivity contribution in [3.05, 3.63) is 22.9 Å². The van der Waals surface area contributed by atoms with Crippen molar-refractivity contribution in [2.75, 3.05) is 6.61 Å². The highest BCUT2D eigenvalue weighted by Crippen LogP contribution is 2.29. The van der Waals surface area contributed by atoms with E-state index < -0.39 is 5.97 Å². The van der Waals surface area contributed by atoms with E-state index in [1.807, 2.05) is 6.92 Å². The number of nitrogens with zero attached hydrogens (tertiary/aromatic N) is 1. The fourth-order valence-corrected chi connectivity index (χ4v) is 2.27. The Morgan fingerprint density at radius 2 is 2.22 bits per heavy atom. The van der Waals surface area contributed by atoms with Crippen molar-refractivity contribution in [3.8, 4) is 5.88 Å². The van der Waals surface area contributed by atoms with E-state index in [2.05, 4.69) is 4.98 Å². The molecule has 0 aromatic carbocycles. The van der Waals surface area contributed by atoms with Crippen molar-refractivity contribution < 1.29 is 14.6 Å². The Bertz CT molecular complexity index is 453. The van der Waals surface area contributed by atoms with Crippen LogP contribution in [0.5, 0.6) is 5.88 Å². The minimum atomic E-state index is -0.973. The molecular weight excluding hydrogens is 230 g/mol. The summed E-state index contributed by atoms with van der Waals surface area (Å²) >= 11 is 0. The Morgan fingerprint density at radius 3 is 2.78 bits per heavy atom. The summed E-state index contributed by atoms with van der Waals surface area (Å²) in [5, 5.41) is 9.18. The molecule has 0 radical (unpaired) electrons. The van der Waals surface area contributed by atoms with Gasteiger partial charge in [-0.25, -0.2) is 9.78 Å². The van der Waals surface area contributed by atoms with Crippen molar-refractivity contribution >= 4 is 5.97 Å². The molecule has 0 spiro atoms. The van der Waals surface area contributed by atoms with Gasteiger partial charge in [0.25, 0.3) is 0 Å². The highest BCUT2D eigenvalue weighted by molar-refractivity contribution is 5.91. The van der Waals surface area contributed by atoms with Gasteiger partial charge in [-0.05, 0) is 37.8 Å². The number of carbonyl (C=O) groups is 1. The average Bonchev–Trinajstić information content (AvgIpc) is 2.19. The smallest absolute Gasteiger partial charge is 0.341 e. The molecule has 0 bridgehead atoms. The molecule has 4 heteroatoms. The molecule has 1 saturated carbocycles. The molecule has 4 nitrogen and oxygen atoms in total. The fourth-order valence-electron chi connectivity index (χ4n) is 2.27. The van der Waals surface area contributed by atoms with E-state index in [0.717, 1.165) is 18.0 Å². The minimum absolute atomic E-state index is 0.189. The maximum Gasteiger partial charge on any atom is 0.341 e. The molecule has 98 valence electrons. The third-order valence-corrected chi connectivity index (χ3v) is 3.51. The van der Waals surface area contributed by atoms with Crippen LogP contribution in [0.2, 0.25) is 0 Å². The van der Waals surface area contributed by atoms with E-state index >= 15 is 0 Å². The van der Waals surface area contributed by atoms with E-state index in [9.17, 15) is 9.90 Å². The molecule has 0 saturated heterocycles. The molecule has 1 aromatic rings. The molecular formula is C14H19NO3. The van der Waals surface area contributed by atoms with Gasteiger partial charge >= 0.3 is 5.97 Å². The summed E-state index contributed by atoms with van der Waals surface area (Å²) in [6.07, 6.45) is 4.85. The van der Waals surface area contributed by atoms with Crippen LogP contribution in [0.3, 0.4) is 0 Å². The zero-order valence-electron chi connectivity index (χ0n) is 10.9. The van der Waals surface area contributed by atoms with Gasteiger partial charge in [-0.3, -0.25) is 0 Å². The van der Waals surface area contributed by atoms with Gasteiger partial charge in [-0.15, -0.1) is 0 Å². The van der Waals surface area contributed by atoms with Gasteiger partial charge in [0.1, 0.15) is 5.56 Å². The quantitative estimate of drug-likeness (QED) is 0.871. The zero-order valence-corrected chi connectivity index (χ0v) is 10.9. The lowest BCUT2D eigenvalue weighted by Crippen LogP contribution is -2.16. The zero-order chi connectivity index (χ0) is 13.1. The summed E-state index contributed by atoms with van der Waals surface area (Å²) in [4.78, 5) is 15.4. The highest BCUT2D eigenvalue weighted by atomic mass is 16.5. The van der Waals surface area contributed by atoms with Gasteiger partial charge in [-0.2, -0.15) is 0 Å². The first-order valence-electron chi connectivity index (χ1n) is 6.42. The number of pyridine rings is 1. The Morgan fingerprint density at radius 1 is 1.50 bits per heavy atom. The van der Waals surface area contributed by atoms with Crippen LogP contribution in [0.1, 0.15) is 47.3 Å². The summed E-state index contributed by atoms with van der Waals surface area (Å²) in [5.74, 6) is 0.0437. The molecule has 0 atom stereocenters. The standard InChI is InChI=1S/C14H19NO3/c1-9-8-10(2)15-13(12(9)14(16)17)18-7-6-11-4-3-5-11/h8,11H,3-7H2,1-2H3,(H,16,17). The molecule has 1 aliphatic rings. The number of carboxylic acids is 1. The minimum Gasteiger partial charge on any atom is -0.477 e. The second kappa shape index (κ2) is 5.38. The lowest BCUT2D eigenvalue weighted by Gasteiger charge is -2.25. The molecule has 0 amide bonds. The van der Waals surface area contributed by atoms with Crippen molar-refractivity contribution in [1.82, 2.24) is 4.98 Å². The van der Waals surface area contributed by atoms with Crippen LogP contribution in [0.4, 0.5) is 0 Å². The third-order valence-electron chi connectivity index (χ3n) is 3.51. The molecule has 1 N–H and O–H groups in total. The van der Waals surface area contributed by atoms with Crippen LogP contribution < -0.4 is 4.74 Å². The molecule has 18 heavy (non-hydrogen) atoms. The van der Waals surface area contributed by atoms with Crippen molar-refractivity contribution in [2.24, 2.45) is 5.92 Å². The highest BCUT2D eigenvalue weighted by Gasteiger charge is 2.19. The van der Waals surface area contributed by atoms with Gasteiger partial charge in [0.2, 0.25) is 5.88 Å². The lowest BCUT2D eigenvalue weighted by molar-refractivity contribution is 0.0689. The van der Waals surface area contributed by atoms with Crippen LogP contribution in [-0.2, 0) is 0 Å². The molecule has 1 fully saturated rings.